The van der Waals surface area contributed by atoms with Crippen molar-refractivity contribution < 1.29 is 9.13 Å². The number of benzene rings is 2. The van der Waals surface area contributed by atoms with E-state index in [-0.39, 0.29) is 11.6 Å². The van der Waals surface area contributed by atoms with Gasteiger partial charge in [-0.25, -0.2) is 4.39 Å². The molecule has 3 heteroatoms. The average molecular weight is 506 g/mol. The second kappa shape index (κ2) is 15.8. The van der Waals surface area contributed by atoms with E-state index in [0.717, 1.165) is 30.7 Å². The summed E-state index contributed by atoms with van der Waals surface area (Å²) in [4.78, 5) is 0. The Morgan fingerprint density at radius 3 is 2.16 bits per heavy atom. The van der Waals surface area contributed by atoms with E-state index >= 15 is 4.39 Å². The van der Waals surface area contributed by atoms with Crippen molar-refractivity contribution >= 4 is 0 Å². The molecule has 0 amide bonds. The summed E-state index contributed by atoms with van der Waals surface area (Å²) in [6, 6.07) is 12.4. The minimum absolute atomic E-state index is 0.257. The molecule has 2 aromatic carbocycles. The van der Waals surface area contributed by atoms with Crippen LogP contribution < -0.4 is 4.74 Å². The monoisotopic (exact) mass is 505 g/mol. The molecule has 1 fully saturated rings. The van der Waals surface area contributed by atoms with Crippen LogP contribution in [0.25, 0.3) is 11.1 Å². The van der Waals surface area contributed by atoms with Crippen molar-refractivity contribution in [2.75, 3.05) is 7.11 Å². The Labute approximate surface area is 225 Å². The summed E-state index contributed by atoms with van der Waals surface area (Å²) in [6.45, 7) is 4.45. The molecule has 2 aromatic rings. The van der Waals surface area contributed by atoms with Gasteiger partial charge >= 0.3 is 0 Å². The number of hydrogen-bond donors (Lipinski definition) is 0. The zero-order valence-electron chi connectivity index (χ0n) is 23.6. The number of ether oxygens (including phenoxy) is 1. The van der Waals surface area contributed by atoms with Crippen molar-refractivity contribution in [3.8, 4) is 22.9 Å². The number of aryl methyl sites for hydroxylation is 1. The molecule has 0 saturated heterocycles. The molecule has 202 valence electrons. The van der Waals surface area contributed by atoms with E-state index < -0.39 is 0 Å². The van der Waals surface area contributed by atoms with Gasteiger partial charge in [0.25, 0.3) is 0 Å². The lowest BCUT2D eigenvalue weighted by Crippen LogP contribution is -2.13. The van der Waals surface area contributed by atoms with Crippen molar-refractivity contribution in [1.82, 2.24) is 0 Å². The molecule has 3 rings (SSSR count). The van der Waals surface area contributed by atoms with Crippen LogP contribution in [0.15, 0.2) is 30.3 Å². The van der Waals surface area contributed by atoms with Gasteiger partial charge in [0, 0.05) is 11.1 Å². The van der Waals surface area contributed by atoms with Crippen molar-refractivity contribution in [3.05, 3.63) is 52.8 Å². The van der Waals surface area contributed by atoms with Gasteiger partial charge in [-0.15, -0.1) is 0 Å². The Kier molecular flexibility index (Phi) is 12.5. The van der Waals surface area contributed by atoms with E-state index in [2.05, 4.69) is 26.0 Å². The molecular formula is C34H48FNO. The highest BCUT2D eigenvalue weighted by Gasteiger charge is 2.24. The van der Waals surface area contributed by atoms with Gasteiger partial charge in [-0.05, 0) is 67.6 Å². The van der Waals surface area contributed by atoms with E-state index in [1.165, 1.54) is 89.7 Å². The zero-order chi connectivity index (χ0) is 26.5. The first kappa shape index (κ1) is 29.2. The molecule has 1 aliphatic rings. The first-order valence-corrected chi connectivity index (χ1v) is 15.0. The lowest BCUT2D eigenvalue weighted by atomic mass is 9.76. The quantitative estimate of drug-likeness (QED) is 0.225. The van der Waals surface area contributed by atoms with E-state index in [0.29, 0.717) is 29.0 Å². The van der Waals surface area contributed by atoms with E-state index in [4.69, 9.17) is 4.74 Å². The van der Waals surface area contributed by atoms with Crippen LogP contribution >= 0.6 is 0 Å². The van der Waals surface area contributed by atoms with Crippen molar-refractivity contribution in [1.29, 1.82) is 5.26 Å². The Morgan fingerprint density at radius 1 is 0.838 bits per heavy atom. The van der Waals surface area contributed by atoms with Crippen LogP contribution in [0.2, 0.25) is 0 Å². The normalized spacial score (nSPS) is 17.5. The van der Waals surface area contributed by atoms with Gasteiger partial charge in [-0.3, -0.25) is 0 Å². The Morgan fingerprint density at radius 2 is 1.49 bits per heavy atom. The van der Waals surface area contributed by atoms with Crippen molar-refractivity contribution in [3.63, 3.8) is 0 Å². The van der Waals surface area contributed by atoms with Gasteiger partial charge in [0.05, 0.1) is 18.7 Å². The summed E-state index contributed by atoms with van der Waals surface area (Å²) in [5.74, 6) is 1.36. The number of rotatable bonds is 15. The highest BCUT2D eigenvalue weighted by molar-refractivity contribution is 5.77. The molecule has 0 aromatic heterocycles. The van der Waals surface area contributed by atoms with Crippen LogP contribution in [0.4, 0.5) is 4.39 Å². The fraction of sp³-hybridized carbons (Fsp3) is 0.618. The molecule has 0 aliphatic heterocycles. The highest BCUT2D eigenvalue weighted by Crippen LogP contribution is 2.41. The number of methoxy groups -OCH3 is 1. The first-order chi connectivity index (χ1) is 18.1. The van der Waals surface area contributed by atoms with Crippen LogP contribution in [0.5, 0.6) is 5.75 Å². The van der Waals surface area contributed by atoms with E-state index in [1.54, 1.807) is 0 Å². The third-order valence-electron chi connectivity index (χ3n) is 8.42. The molecule has 37 heavy (non-hydrogen) atoms. The molecule has 0 bridgehead atoms. The smallest absolute Gasteiger partial charge is 0.168 e. The van der Waals surface area contributed by atoms with Gasteiger partial charge in [0.2, 0.25) is 0 Å². The largest absolute Gasteiger partial charge is 0.493 e. The molecule has 1 saturated carbocycles. The third-order valence-corrected chi connectivity index (χ3v) is 8.42. The lowest BCUT2D eigenvalue weighted by molar-refractivity contribution is 0.302. The number of hydrogen-bond acceptors (Lipinski definition) is 2. The number of halogens is 1. The fourth-order valence-corrected chi connectivity index (χ4v) is 6.08. The van der Waals surface area contributed by atoms with Crippen molar-refractivity contribution in [2.24, 2.45) is 5.92 Å². The fourth-order valence-electron chi connectivity index (χ4n) is 6.08. The van der Waals surface area contributed by atoms with Crippen LogP contribution in [0.1, 0.15) is 133 Å². The molecule has 0 heterocycles. The minimum Gasteiger partial charge on any atom is -0.493 e. The Hall–Kier alpha value is -2.34. The molecule has 0 unspecified atom stereocenters. The summed E-state index contributed by atoms with van der Waals surface area (Å²) in [5, 5.41) is 9.99. The van der Waals surface area contributed by atoms with Crippen LogP contribution in [-0.2, 0) is 6.42 Å². The first-order valence-electron chi connectivity index (χ1n) is 15.0. The van der Waals surface area contributed by atoms with Crippen LogP contribution in [0, 0.1) is 23.1 Å². The predicted molar refractivity (Wildman–Crippen MR) is 154 cm³/mol. The topological polar surface area (TPSA) is 33.0 Å². The lowest BCUT2D eigenvalue weighted by Gasteiger charge is -2.29. The molecule has 0 radical (unpaired) electrons. The number of nitriles is 1. The number of unbranched alkanes of at least 4 members (excludes halogenated alkanes) is 8. The van der Waals surface area contributed by atoms with Crippen molar-refractivity contribution in [2.45, 2.75) is 122 Å². The summed E-state index contributed by atoms with van der Waals surface area (Å²) in [7, 11) is 1.52. The maximum absolute atomic E-state index is 15.3. The van der Waals surface area contributed by atoms with Crippen LogP contribution in [0.3, 0.4) is 0 Å². The molecule has 1 aliphatic carbocycles. The molecule has 0 atom stereocenters. The molecular weight excluding hydrogens is 457 g/mol. The molecule has 0 spiro atoms. The second-order valence-electron chi connectivity index (χ2n) is 11.1. The predicted octanol–water partition coefficient (Wildman–Crippen LogP) is 10.5. The Balaban J connectivity index is 1.64. The van der Waals surface area contributed by atoms with Crippen LogP contribution in [-0.4, -0.2) is 7.11 Å². The highest BCUT2D eigenvalue weighted by atomic mass is 19.1. The number of nitrogens with zero attached hydrogens (tertiary/aromatic N) is 1. The summed E-state index contributed by atoms with van der Waals surface area (Å²) in [6.07, 6.45) is 19.8. The molecule has 0 N–H and O–H groups in total. The Bertz CT molecular complexity index is 1000. The third kappa shape index (κ3) is 8.33. The van der Waals surface area contributed by atoms with Gasteiger partial charge < -0.3 is 4.74 Å². The SMILES string of the molecule is CCCCCCCCC1CCC(c2ccc(-c3ccc(CCCCCC)c(F)c3OC)c(C#N)c2)CC1. The van der Waals surface area contributed by atoms with Gasteiger partial charge in [0.15, 0.2) is 11.6 Å². The van der Waals surface area contributed by atoms with E-state index in [1.807, 2.05) is 24.3 Å². The zero-order valence-corrected chi connectivity index (χ0v) is 23.6. The van der Waals surface area contributed by atoms with Gasteiger partial charge in [-0.2, -0.15) is 5.26 Å². The maximum Gasteiger partial charge on any atom is 0.168 e. The maximum atomic E-state index is 15.3. The summed E-state index contributed by atoms with van der Waals surface area (Å²) >= 11 is 0. The minimum atomic E-state index is -0.284. The molecule has 2 nitrogen and oxygen atoms in total. The van der Waals surface area contributed by atoms with Gasteiger partial charge in [0.1, 0.15) is 0 Å². The average Bonchev–Trinajstić information content (AvgIpc) is 2.93. The van der Waals surface area contributed by atoms with Gasteiger partial charge in [-0.1, -0.05) is 102 Å². The summed E-state index contributed by atoms with van der Waals surface area (Å²) < 4.78 is 20.9. The summed E-state index contributed by atoms with van der Waals surface area (Å²) in [5.41, 5.74) is 3.99. The standard InChI is InChI=1S/C34H48FNO/c1-4-6-8-10-11-12-14-26-16-18-27(19-17-26)29-21-22-31(30(24-29)25-36)32-23-20-28(15-13-9-7-5-2)33(35)34(32)37-3/h20-24,26-27H,4-19H2,1-3H3. The second-order valence-corrected chi connectivity index (χ2v) is 11.1. The van der Waals surface area contributed by atoms with E-state index in [9.17, 15) is 5.26 Å².